The van der Waals surface area contributed by atoms with Crippen LogP contribution in [0, 0.1) is 0 Å². The van der Waals surface area contributed by atoms with Crippen molar-refractivity contribution < 1.29 is 32.2 Å². The van der Waals surface area contributed by atoms with Crippen molar-refractivity contribution in [1.29, 1.82) is 0 Å². The molecule has 1 aliphatic rings. The SMILES string of the molecule is CN(C(=O)c1cc(-c2ccccc2)ccc1OC(F)(F)F)c1cncc(OC2CCOCC2)c1. The topological polar surface area (TPSA) is 60.9 Å². The molecule has 9 heteroatoms. The maximum absolute atomic E-state index is 13.3. The van der Waals surface area contributed by atoms with Gasteiger partial charge in [-0.2, -0.15) is 0 Å². The maximum Gasteiger partial charge on any atom is 0.573 e. The molecule has 0 aliphatic carbocycles. The molecule has 34 heavy (non-hydrogen) atoms. The van der Waals surface area contributed by atoms with Crippen molar-refractivity contribution in [2.75, 3.05) is 25.2 Å². The lowest BCUT2D eigenvalue weighted by Crippen LogP contribution is -2.29. The molecule has 0 N–H and O–H groups in total. The summed E-state index contributed by atoms with van der Waals surface area (Å²) in [5.74, 6) is -0.789. The molecule has 1 saturated heterocycles. The van der Waals surface area contributed by atoms with Gasteiger partial charge in [0.05, 0.1) is 36.9 Å². The van der Waals surface area contributed by atoms with E-state index in [1.54, 1.807) is 30.3 Å². The van der Waals surface area contributed by atoms with Gasteiger partial charge in [0, 0.05) is 26.0 Å². The van der Waals surface area contributed by atoms with Gasteiger partial charge >= 0.3 is 6.36 Å². The van der Waals surface area contributed by atoms with Gasteiger partial charge in [0.15, 0.2) is 0 Å². The minimum Gasteiger partial charge on any atom is -0.489 e. The lowest BCUT2D eigenvalue weighted by molar-refractivity contribution is -0.274. The van der Waals surface area contributed by atoms with Crippen molar-refractivity contribution in [2.24, 2.45) is 0 Å². The van der Waals surface area contributed by atoms with Crippen LogP contribution in [0.5, 0.6) is 11.5 Å². The molecular formula is C25H23F3N2O4. The fourth-order valence-electron chi connectivity index (χ4n) is 3.66. The van der Waals surface area contributed by atoms with Crippen molar-refractivity contribution in [3.05, 3.63) is 72.6 Å². The van der Waals surface area contributed by atoms with E-state index in [1.807, 2.05) is 6.07 Å². The third-order valence-corrected chi connectivity index (χ3v) is 5.40. The van der Waals surface area contributed by atoms with Crippen LogP contribution in [-0.4, -0.2) is 43.6 Å². The Bertz CT molecular complexity index is 1130. The van der Waals surface area contributed by atoms with Crippen LogP contribution >= 0.6 is 0 Å². The van der Waals surface area contributed by atoms with E-state index in [2.05, 4.69) is 9.72 Å². The van der Waals surface area contributed by atoms with Gasteiger partial charge in [-0.15, -0.1) is 13.2 Å². The zero-order valence-electron chi connectivity index (χ0n) is 18.4. The highest BCUT2D eigenvalue weighted by Gasteiger charge is 2.33. The van der Waals surface area contributed by atoms with E-state index in [1.165, 1.54) is 36.5 Å². The molecule has 0 bridgehead atoms. The molecular weight excluding hydrogens is 449 g/mol. The molecule has 6 nitrogen and oxygen atoms in total. The van der Waals surface area contributed by atoms with E-state index in [-0.39, 0.29) is 11.7 Å². The largest absolute Gasteiger partial charge is 0.573 e. The summed E-state index contributed by atoms with van der Waals surface area (Å²) in [5, 5.41) is 0. The van der Waals surface area contributed by atoms with Crippen LogP contribution in [0.1, 0.15) is 23.2 Å². The number of carbonyl (C=O) groups excluding carboxylic acids is 1. The average Bonchev–Trinajstić information content (AvgIpc) is 2.84. The van der Waals surface area contributed by atoms with Crippen LogP contribution in [0.3, 0.4) is 0 Å². The molecule has 0 radical (unpaired) electrons. The summed E-state index contributed by atoms with van der Waals surface area (Å²) in [4.78, 5) is 18.7. The number of carbonyl (C=O) groups is 1. The van der Waals surface area contributed by atoms with Crippen molar-refractivity contribution in [3.8, 4) is 22.6 Å². The summed E-state index contributed by atoms with van der Waals surface area (Å²) in [5.41, 5.74) is 1.49. The van der Waals surface area contributed by atoms with E-state index in [0.717, 1.165) is 24.5 Å². The number of alkyl halides is 3. The fourth-order valence-corrected chi connectivity index (χ4v) is 3.66. The Kier molecular flexibility index (Phi) is 7.02. The van der Waals surface area contributed by atoms with Crippen LogP contribution in [0.25, 0.3) is 11.1 Å². The van der Waals surface area contributed by atoms with Crippen molar-refractivity contribution in [3.63, 3.8) is 0 Å². The number of rotatable bonds is 6. The van der Waals surface area contributed by atoms with E-state index >= 15 is 0 Å². The van der Waals surface area contributed by atoms with Crippen LogP contribution in [0.2, 0.25) is 0 Å². The summed E-state index contributed by atoms with van der Waals surface area (Å²) in [6.45, 7) is 1.21. The molecule has 2 heterocycles. The quantitative estimate of drug-likeness (QED) is 0.475. The number of benzene rings is 2. The monoisotopic (exact) mass is 472 g/mol. The van der Waals surface area contributed by atoms with Gasteiger partial charge in [0.25, 0.3) is 5.91 Å². The minimum absolute atomic E-state index is 0.0267. The highest BCUT2D eigenvalue weighted by atomic mass is 19.4. The molecule has 178 valence electrons. The van der Waals surface area contributed by atoms with Crippen LogP contribution < -0.4 is 14.4 Å². The van der Waals surface area contributed by atoms with Gasteiger partial charge < -0.3 is 19.1 Å². The first kappa shape index (κ1) is 23.6. The van der Waals surface area contributed by atoms with Crippen LogP contribution in [0.15, 0.2) is 67.0 Å². The highest BCUT2D eigenvalue weighted by molar-refractivity contribution is 6.08. The Morgan fingerprint density at radius 3 is 2.47 bits per heavy atom. The van der Waals surface area contributed by atoms with Gasteiger partial charge in [-0.25, -0.2) is 0 Å². The number of ether oxygens (including phenoxy) is 3. The van der Waals surface area contributed by atoms with Gasteiger partial charge in [-0.3, -0.25) is 9.78 Å². The van der Waals surface area contributed by atoms with Crippen molar-refractivity contribution in [1.82, 2.24) is 4.98 Å². The first-order valence-electron chi connectivity index (χ1n) is 10.7. The predicted octanol–water partition coefficient (Wildman–Crippen LogP) is 5.48. The Labute approximate surface area is 194 Å². The number of pyridine rings is 1. The summed E-state index contributed by atoms with van der Waals surface area (Å²) < 4.78 is 54.5. The molecule has 1 aromatic heterocycles. The van der Waals surface area contributed by atoms with Crippen LogP contribution in [-0.2, 0) is 4.74 Å². The zero-order chi connectivity index (χ0) is 24.1. The number of halogens is 3. The van der Waals surface area contributed by atoms with Crippen molar-refractivity contribution in [2.45, 2.75) is 25.3 Å². The first-order chi connectivity index (χ1) is 16.3. The average molecular weight is 472 g/mol. The summed E-state index contributed by atoms with van der Waals surface area (Å²) in [6, 6.07) is 14.7. The summed E-state index contributed by atoms with van der Waals surface area (Å²) in [7, 11) is 1.46. The molecule has 1 aliphatic heterocycles. The number of nitrogens with zero attached hydrogens (tertiary/aromatic N) is 2. The second-order valence-electron chi connectivity index (χ2n) is 7.80. The highest BCUT2D eigenvalue weighted by Crippen LogP contribution is 2.32. The van der Waals surface area contributed by atoms with E-state index in [9.17, 15) is 18.0 Å². The molecule has 0 saturated carbocycles. The molecule has 2 aromatic carbocycles. The lowest BCUT2D eigenvalue weighted by Gasteiger charge is -2.24. The minimum atomic E-state index is -4.94. The van der Waals surface area contributed by atoms with E-state index in [4.69, 9.17) is 9.47 Å². The summed E-state index contributed by atoms with van der Waals surface area (Å²) >= 11 is 0. The molecule has 1 amide bonds. The Morgan fingerprint density at radius 2 is 1.76 bits per heavy atom. The first-order valence-corrected chi connectivity index (χ1v) is 10.7. The molecule has 0 spiro atoms. The third kappa shape index (κ3) is 5.85. The van der Waals surface area contributed by atoms with Crippen molar-refractivity contribution >= 4 is 11.6 Å². The Morgan fingerprint density at radius 1 is 1.03 bits per heavy atom. The van der Waals surface area contributed by atoms with Gasteiger partial charge in [0.1, 0.15) is 17.6 Å². The Balaban J connectivity index is 1.63. The molecule has 3 aromatic rings. The normalized spacial score (nSPS) is 14.5. The van der Waals surface area contributed by atoms with Gasteiger partial charge in [-0.1, -0.05) is 36.4 Å². The smallest absolute Gasteiger partial charge is 0.489 e. The second-order valence-corrected chi connectivity index (χ2v) is 7.80. The molecule has 0 atom stereocenters. The lowest BCUT2D eigenvalue weighted by atomic mass is 10.0. The number of hydrogen-bond donors (Lipinski definition) is 0. The van der Waals surface area contributed by atoms with Gasteiger partial charge in [0.2, 0.25) is 0 Å². The standard InChI is InChI=1S/C25H23F3N2O4/c1-30(19-14-21(16-29-15-19)33-20-9-11-32-12-10-20)24(31)22-13-18(17-5-3-2-4-6-17)7-8-23(22)34-25(26,27)28/h2-8,13-16,20H,9-12H2,1H3. The number of anilines is 1. The number of amides is 1. The zero-order valence-corrected chi connectivity index (χ0v) is 18.4. The van der Waals surface area contributed by atoms with E-state index in [0.29, 0.717) is 30.2 Å². The fraction of sp³-hybridized carbons (Fsp3) is 0.280. The predicted molar refractivity (Wildman–Crippen MR) is 120 cm³/mol. The molecule has 1 fully saturated rings. The Hall–Kier alpha value is -3.59. The summed E-state index contributed by atoms with van der Waals surface area (Å²) in [6.07, 6.45) is -0.514. The third-order valence-electron chi connectivity index (χ3n) is 5.40. The van der Waals surface area contributed by atoms with E-state index < -0.39 is 18.0 Å². The number of hydrogen-bond acceptors (Lipinski definition) is 5. The second kappa shape index (κ2) is 10.1. The maximum atomic E-state index is 13.3. The number of aromatic nitrogens is 1. The van der Waals surface area contributed by atoms with Crippen LogP contribution in [0.4, 0.5) is 18.9 Å². The molecule has 0 unspecified atom stereocenters. The van der Waals surface area contributed by atoms with Gasteiger partial charge in [-0.05, 0) is 23.3 Å². The molecule has 4 rings (SSSR count).